The SMILES string of the molecule is [2H]C([2H])([2H])C([2H])(c1ccc([N+](=O)[O-])cc1)C([2H])([2H])[2H]. The van der Waals surface area contributed by atoms with E-state index in [1.54, 1.807) is 0 Å². The van der Waals surface area contributed by atoms with Crippen LogP contribution in [0.3, 0.4) is 0 Å². The highest BCUT2D eigenvalue weighted by atomic mass is 16.6. The average Bonchev–Trinajstić information content (AvgIpc) is 2.25. The van der Waals surface area contributed by atoms with Crippen molar-refractivity contribution < 1.29 is 14.5 Å². The molecule has 0 aromatic heterocycles. The number of nitro benzene ring substituents is 1. The normalized spacial score (nSPS) is 21.8. The zero-order chi connectivity index (χ0) is 15.1. The summed E-state index contributed by atoms with van der Waals surface area (Å²) in [6.45, 7) is -6.18. The van der Waals surface area contributed by atoms with Gasteiger partial charge in [-0.05, 0) is 11.5 Å². The van der Waals surface area contributed by atoms with Gasteiger partial charge in [-0.15, -0.1) is 0 Å². The van der Waals surface area contributed by atoms with Crippen LogP contribution in [0.1, 0.15) is 34.8 Å². The van der Waals surface area contributed by atoms with E-state index < -0.39 is 24.5 Å². The number of hydrogen-bond acceptors (Lipinski definition) is 2. The van der Waals surface area contributed by atoms with E-state index in [1.165, 1.54) is 0 Å². The first-order valence-electron chi connectivity index (χ1n) is 6.66. The van der Waals surface area contributed by atoms with Gasteiger partial charge in [-0.1, -0.05) is 25.8 Å². The Balaban J connectivity index is 3.40. The van der Waals surface area contributed by atoms with Gasteiger partial charge in [0, 0.05) is 21.7 Å². The maximum atomic E-state index is 10.5. The van der Waals surface area contributed by atoms with Gasteiger partial charge in [0.15, 0.2) is 0 Å². The smallest absolute Gasteiger partial charge is 0.258 e. The van der Waals surface area contributed by atoms with Crippen LogP contribution in [0.4, 0.5) is 5.69 Å². The number of non-ortho nitro benzene ring substituents is 1. The summed E-state index contributed by atoms with van der Waals surface area (Å²) in [5.74, 6) is -2.82. The molecular weight excluding hydrogens is 154 g/mol. The van der Waals surface area contributed by atoms with E-state index in [0.29, 0.717) is 0 Å². The second kappa shape index (κ2) is 3.34. The molecule has 0 fully saturated rings. The number of hydrogen-bond donors (Lipinski definition) is 0. The van der Waals surface area contributed by atoms with Crippen LogP contribution in [-0.2, 0) is 0 Å². The minimum Gasteiger partial charge on any atom is -0.258 e. The highest BCUT2D eigenvalue weighted by Crippen LogP contribution is 2.17. The third-order valence-electron chi connectivity index (χ3n) is 1.37. The minimum absolute atomic E-state index is 0.304. The Morgan fingerprint density at radius 2 is 2.08 bits per heavy atom. The fourth-order valence-corrected chi connectivity index (χ4v) is 0.750. The Bertz CT molecular complexity index is 463. The van der Waals surface area contributed by atoms with Gasteiger partial charge in [0.25, 0.3) is 5.69 Å². The summed E-state index contributed by atoms with van der Waals surface area (Å²) in [5.41, 5.74) is -0.611. The monoisotopic (exact) mass is 172 g/mol. The molecule has 0 spiro atoms. The Morgan fingerprint density at radius 3 is 2.50 bits per heavy atom. The molecule has 0 N–H and O–H groups in total. The molecule has 0 atom stereocenters. The van der Waals surface area contributed by atoms with E-state index in [1.807, 2.05) is 0 Å². The van der Waals surface area contributed by atoms with Crippen molar-refractivity contribution in [3.05, 3.63) is 39.9 Å². The lowest BCUT2D eigenvalue weighted by molar-refractivity contribution is -0.384. The van der Waals surface area contributed by atoms with Crippen molar-refractivity contribution in [2.75, 3.05) is 0 Å². The summed E-state index contributed by atoms with van der Waals surface area (Å²) >= 11 is 0. The first-order valence-corrected chi connectivity index (χ1v) is 3.16. The van der Waals surface area contributed by atoms with Gasteiger partial charge in [0.2, 0.25) is 0 Å². The maximum absolute atomic E-state index is 10.5. The molecule has 3 heteroatoms. The topological polar surface area (TPSA) is 43.1 Å². The first-order chi connectivity index (χ1) is 8.41. The average molecular weight is 172 g/mol. The van der Waals surface area contributed by atoms with Crippen LogP contribution in [0.25, 0.3) is 0 Å². The number of nitrogens with zero attached hydrogens (tertiary/aromatic N) is 1. The van der Waals surface area contributed by atoms with Crippen LogP contribution in [0.15, 0.2) is 24.3 Å². The van der Waals surface area contributed by atoms with Crippen LogP contribution in [0, 0.1) is 10.1 Å². The van der Waals surface area contributed by atoms with Crippen LogP contribution in [-0.4, -0.2) is 4.92 Å². The number of rotatable bonds is 2. The summed E-state index contributed by atoms with van der Waals surface area (Å²) < 4.78 is 51.5. The zero-order valence-electron chi connectivity index (χ0n) is 13.1. The molecule has 1 aromatic rings. The first kappa shape index (κ1) is 3.17. The largest absolute Gasteiger partial charge is 0.269 e. The van der Waals surface area contributed by atoms with Crippen molar-refractivity contribution >= 4 is 5.69 Å². The summed E-state index contributed by atoms with van der Waals surface area (Å²) in [4.78, 5) is 9.80. The van der Waals surface area contributed by atoms with Crippen molar-refractivity contribution in [3.8, 4) is 0 Å². The van der Waals surface area contributed by atoms with Gasteiger partial charge in [-0.25, -0.2) is 0 Å². The van der Waals surface area contributed by atoms with Gasteiger partial charge < -0.3 is 0 Å². The Morgan fingerprint density at radius 1 is 1.50 bits per heavy atom. The van der Waals surface area contributed by atoms with Crippen molar-refractivity contribution in [2.45, 2.75) is 19.6 Å². The number of benzene rings is 1. The van der Waals surface area contributed by atoms with E-state index in [9.17, 15) is 10.1 Å². The fourth-order valence-electron chi connectivity index (χ4n) is 0.750. The second-order valence-electron chi connectivity index (χ2n) is 2.18. The molecule has 0 unspecified atom stereocenters. The van der Waals surface area contributed by atoms with Crippen molar-refractivity contribution in [3.63, 3.8) is 0 Å². The van der Waals surface area contributed by atoms with Gasteiger partial charge >= 0.3 is 0 Å². The Labute approximate surface area is 81.0 Å². The van der Waals surface area contributed by atoms with E-state index in [0.717, 1.165) is 24.3 Å². The summed E-state index contributed by atoms with van der Waals surface area (Å²) in [7, 11) is 0. The standard InChI is InChI=1S/C9H11NO2/c1-7(2)8-3-5-9(6-4-8)10(11)12/h3-7H,1-2H3/i1D3,2D3,7D. The van der Waals surface area contributed by atoms with Gasteiger partial charge in [-0.3, -0.25) is 10.1 Å². The summed E-state index contributed by atoms with van der Waals surface area (Å²) in [5, 5.41) is 10.5. The minimum atomic E-state index is -3.09. The van der Waals surface area contributed by atoms with Crippen LogP contribution in [0.2, 0.25) is 0 Å². The summed E-state index contributed by atoms with van der Waals surface area (Å²) in [6, 6.07) is 3.94. The van der Waals surface area contributed by atoms with E-state index in [2.05, 4.69) is 0 Å². The lowest BCUT2D eigenvalue weighted by Gasteiger charge is -2.02. The molecular formula is C9H11NO2. The second-order valence-corrected chi connectivity index (χ2v) is 2.18. The maximum Gasteiger partial charge on any atom is 0.269 e. The van der Waals surface area contributed by atoms with Crippen molar-refractivity contribution in [1.82, 2.24) is 0 Å². The fraction of sp³-hybridized carbons (Fsp3) is 0.333. The lowest BCUT2D eigenvalue weighted by Crippen LogP contribution is -1.90. The highest BCUT2D eigenvalue weighted by Gasteiger charge is 2.04. The molecule has 1 aromatic carbocycles. The Kier molecular flexibility index (Phi) is 0.882. The molecule has 12 heavy (non-hydrogen) atoms. The van der Waals surface area contributed by atoms with E-state index >= 15 is 0 Å². The molecule has 0 amide bonds. The molecule has 0 aliphatic heterocycles. The van der Waals surface area contributed by atoms with Crippen molar-refractivity contribution in [2.24, 2.45) is 0 Å². The van der Waals surface area contributed by atoms with Crippen LogP contribution in [0.5, 0.6) is 0 Å². The molecule has 0 saturated carbocycles. The van der Waals surface area contributed by atoms with E-state index in [-0.39, 0.29) is 11.3 Å². The molecule has 1 rings (SSSR count). The summed E-state index contributed by atoms with van der Waals surface area (Å²) in [6.07, 6.45) is 0. The van der Waals surface area contributed by atoms with Crippen LogP contribution < -0.4 is 0 Å². The third-order valence-corrected chi connectivity index (χ3v) is 1.37. The van der Waals surface area contributed by atoms with Gasteiger partial charge in [0.1, 0.15) is 0 Å². The molecule has 0 aliphatic carbocycles. The zero-order valence-corrected chi connectivity index (χ0v) is 6.07. The Hall–Kier alpha value is -1.38. The predicted octanol–water partition coefficient (Wildman–Crippen LogP) is 2.72. The molecule has 0 aliphatic rings. The molecule has 0 radical (unpaired) electrons. The van der Waals surface area contributed by atoms with E-state index in [4.69, 9.17) is 9.60 Å². The van der Waals surface area contributed by atoms with Gasteiger partial charge in [0.05, 0.1) is 4.92 Å². The third kappa shape index (κ3) is 1.81. The van der Waals surface area contributed by atoms with Gasteiger partial charge in [-0.2, -0.15) is 0 Å². The van der Waals surface area contributed by atoms with Crippen LogP contribution >= 0.6 is 0 Å². The quantitative estimate of drug-likeness (QED) is 0.508. The molecule has 3 nitrogen and oxygen atoms in total. The molecule has 0 heterocycles. The molecule has 0 bridgehead atoms. The lowest BCUT2D eigenvalue weighted by atomic mass is 10.0. The van der Waals surface area contributed by atoms with Crippen molar-refractivity contribution in [1.29, 1.82) is 0 Å². The molecule has 64 valence electrons. The molecule has 0 saturated heterocycles. The highest BCUT2D eigenvalue weighted by molar-refractivity contribution is 5.33. The predicted molar refractivity (Wildman–Crippen MR) is 47.2 cm³/mol. The number of nitro groups is 1.